The van der Waals surface area contributed by atoms with E-state index in [-0.39, 0.29) is 10.8 Å². The van der Waals surface area contributed by atoms with E-state index in [2.05, 4.69) is 0 Å². The number of hydrogen-bond donors (Lipinski definition) is 0. The van der Waals surface area contributed by atoms with Crippen LogP contribution in [0.3, 0.4) is 0 Å². The van der Waals surface area contributed by atoms with E-state index >= 15 is 0 Å². The number of hydrogen-bond acceptors (Lipinski definition) is 0. The second kappa shape index (κ2) is 4.05. The van der Waals surface area contributed by atoms with E-state index in [4.69, 9.17) is 46.4 Å². The van der Waals surface area contributed by atoms with Gasteiger partial charge in [-0.2, -0.15) is 0 Å². The van der Waals surface area contributed by atoms with Gasteiger partial charge in [-0.3, -0.25) is 0 Å². The molecule has 50 valence electrons. The van der Waals surface area contributed by atoms with E-state index in [1.165, 1.54) is 0 Å². The highest BCUT2D eigenvalue weighted by molar-refractivity contribution is 6.49. The topological polar surface area (TPSA) is 0 Å². The van der Waals surface area contributed by atoms with Crippen molar-refractivity contribution in [2.75, 3.05) is 0 Å². The zero-order valence-corrected chi connectivity index (χ0v) is 7.27. The molecule has 2 unspecified atom stereocenters. The van der Waals surface area contributed by atoms with Crippen LogP contribution < -0.4 is 0 Å². The minimum Gasteiger partial charge on any atom is -0.122 e. The molecule has 0 bridgehead atoms. The SMILES string of the molecule is CC(Cl)C(Cl)C(Cl)Cl. The van der Waals surface area contributed by atoms with Gasteiger partial charge < -0.3 is 0 Å². The molecule has 0 nitrogen and oxygen atoms in total. The van der Waals surface area contributed by atoms with Gasteiger partial charge in [0.15, 0.2) is 0 Å². The smallest absolute Gasteiger partial charge is 0.122 e. The first-order valence-electron chi connectivity index (χ1n) is 2.12. The Morgan fingerprint density at radius 3 is 1.38 bits per heavy atom. The summed E-state index contributed by atoms with van der Waals surface area (Å²) in [6, 6.07) is 0. The maximum atomic E-state index is 5.55. The molecule has 8 heavy (non-hydrogen) atoms. The molecule has 0 N–H and O–H groups in total. The molecule has 0 aromatic rings. The lowest BCUT2D eigenvalue weighted by Gasteiger charge is -2.10. The monoisotopic (exact) mass is 194 g/mol. The molecule has 4 heteroatoms. The lowest BCUT2D eigenvalue weighted by atomic mass is 10.4. The average molecular weight is 196 g/mol. The molecule has 0 aliphatic heterocycles. The summed E-state index contributed by atoms with van der Waals surface area (Å²) in [6.45, 7) is 1.75. The van der Waals surface area contributed by atoms with Crippen LogP contribution in [0, 0.1) is 0 Å². The van der Waals surface area contributed by atoms with Crippen molar-refractivity contribution < 1.29 is 0 Å². The molecule has 0 rings (SSSR count). The van der Waals surface area contributed by atoms with Gasteiger partial charge in [0.25, 0.3) is 0 Å². The first-order valence-corrected chi connectivity index (χ1v) is 3.86. The molecule has 0 fully saturated rings. The highest BCUT2D eigenvalue weighted by Gasteiger charge is 2.18. The summed E-state index contributed by atoms with van der Waals surface area (Å²) in [5, 5.41) is -0.545. The van der Waals surface area contributed by atoms with Gasteiger partial charge in [0.05, 0.1) is 5.38 Å². The quantitative estimate of drug-likeness (QED) is 0.595. The van der Waals surface area contributed by atoms with Gasteiger partial charge >= 0.3 is 0 Å². The maximum absolute atomic E-state index is 5.55. The van der Waals surface area contributed by atoms with Crippen LogP contribution >= 0.6 is 46.4 Å². The molecule has 0 heterocycles. The Kier molecular flexibility index (Phi) is 4.64. The van der Waals surface area contributed by atoms with Crippen molar-refractivity contribution in [2.45, 2.75) is 22.5 Å². The summed E-state index contributed by atoms with van der Waals surface area (Å²) in [7, 11) is 0. The molecular formula is C4H6Cl4. The number of alkyl halides is 4. The summed E-state index contributed by atoms with van der Waals surface area (Å²) >= 11 is 21.8. The first-order chi connectivity index (χ1) is 3.55. The molecule has 0 aliphatic rings. The highest BCUT2D eigenvalue weighted by Crippen LogP contribution is 2.20. The zero-order valence-electron chi connectivity index (χ0n) is 4.24. The molecular weight excluding hydrogens is 190 g/mol. The van der Waals surface area contributed by atoms with E-state index in [1.807, 2.05) is 0 Å². The van der Waals surface area contributed by atoms with Crippen molar-refractivity contribution in [2.24, 2.45) is 0 Å². The maximum Gasteiger partial charge on any atom is 0.125 e. The summed E-state index contributed by atoms with van der Waals surface area (Å²) in [6.07, 6.45) is 0. The van der Waals surface area contributed by atoms with Crippen LogP contribution in [0.4, 0.5) is 0 Å². The average Bonchev–Trinajstić information content (AvgIpc) is 1.64. The predicted octanol–water partition coefficient (Wildman–Crippen LogP) is 3.02. The van der Waals surface area contributed by atoms with E-state index in [9.17, 15) is 0 Å². The van der Waals surface area contributed by atoms with Crippen molar-refractivity contribution in [1.29, 1.82) is 0 Å². The normalized spacial score (nSPS) is 18.8. The fourth-order valence-corrected chi connectivity index (χ4v) is 0.931. The second-order valence-corrected chi connectivity index (χ2v) is 3.81. The van der Waals surface area contributed by atoms with E-state index in [0.717, 1.165) is 0 Å². The fraction of sp³-hybridized carbons (Fsp3) is 1.00. The van der Waals surface area contributed by atoms with Crippen molar-refractivity contribution >= 4 is 46.4 Å². The van der Waals surface area contributed by atoms with Crippen molar-refractivity contribution in [3.8, 4) is 0 Å². The largest absolute Gasteiger partial charge is 0.125 e. The van der Waals surface area contributed by atoms with Gasteiger partial charge in [-0.15, -0.1) is 46.4 Å². The fourth-order valence-electron chi connectivity index (χ4n) is 0.200. The van der Waals surface area contributed by atoms with Crippen LogP contribution in [-0.2, 0) is 0 Å². The van der Waals surface area contributed by atoms with Gasteiger partial charge in [-0.1, -0.05) is 0 Å². The lowest BCUT2D eigenvalue weighted by Crippen LogP contribution is -2.18. The molecule has 0 amide bonds. The third kappa shape index (κ3) is 3.24. The van der Waals surface area contributed by atoms with Crippen LogP contribution in [0.25, 0.3) is 0 Å². The van der Waals surface area contributed by atoms with Gasteiger partial charge in [-0.05, 0) is 6.92 Å². The third-order valence-corrected chi connectivity index (χ3v) is 2.51. The molecule has 0 radical (unpaired) electrons. The van der Waals surface area contributed by atoms with Gasteiger partial charge in [0, 0.05) is 5.38 Å². The predicted molar refractivity (Wildman–Crippen MR) is 40.5 cm³/mol. The summed E-state index contributed by atoms with van der Waals surface area (Å²) in [5.74, 6) is 0. The van der Waals surface area contributed by atoms with Gasteiger partial charge in [-0.25, -0.2) is 0 Å². The molecule has 2 atom stereocenters. The molecule has 0 saturated heterocycles. The third-order valence-electron chi connectivity index (χ3n) is 0.680. The van der Waals surface area contributed by atoms with Gasteiger partial charge in [0.2, 0.25) is 0 Å². The number of halogens is 4. The summed E-state index contributed by atoms with van der Waals surface area (Å²) < 4.78 is 0. The summed E-state index contributed by atoms with van der Waals surface area (Å²) in [5.41, 5.74) is 0. The van der Waals surface area contributed by atoms with Crippen LogP contribution in [-0.4, -0.2) is 15.6 Å². The molecule has 0 spiro atoms. The first kappa shape index (κ1) is 9.16. The van der Waals surface area contributed by atoms with Crippen LogP contribution in [0.1, 0.15) is 6.92 Å². The van der Waals surface area contributed by atoms with Crippen molar-refractivity contribution in [3.63, 3.8) is 0 Å². The Labute approximate surface area is 69.0 Å². The lowest BCUT2D eigenvalue weighted by molar-refractivity contribution is 0.878. The Bertz CT molecular complexity index is 53.1. The van der Waals surface area contributed by atoms with E-state index < -0.39 is 4.84 Å². The minimum atomic E-state index is -0.579. The van der Waals surface area contributed by atoms with Crippen molar-refractivity contribution in [3.05, 3.63) is 0 Å². The molecule has 0 aromatic carbocycles. The minimum absolute atomic E-state index is 0.184. The second-order valence-electron chi connectivity index (χ2n) is 1.46. The Hall–Kier alpha value is 1.16. The molecule has 0 aliphatic carbocycles. The highest BCUT2D eigenvalue weighted by atomic mass is 35.5. The van der Waals surface area contributed by atoms with E-state index in [0.29, 0.717) is 0 Å². The Balaban J connectivity index is 3.46. The van der Waals surface area contributed by atoms with Crippen LogP contribution in [0.2, 0.25) is 0 Å². The van der Waals surface area contributed by atoms with Crippen LogP contribution in [0.5, 0.6) is 0 Å². The summed E-state index contributed by atoms with van der Waals surface area (Å²) in [4.78, 5) is -0.579. The van der Waals surface area contributed by atoms with E-state index in [1.54, 1.807) is 6.92 Å². The zero-order chi connectivity index (χ0) is 6.73. The molecule has 0 aromatic heterocycles. The molecule has 0 saturated carbocycles. The Morgan fingerprint density at radius 1 is 1.00 bits per heavy atom. The van der Waals surface area contributed by atoms with Crippen molar-refractivity contribution in [1.82, 2.24) is 0 Å². The standard InChI is InChI=1S/C4H6Cl4/c1-2(5)3(6)4(7)8/h2-4H,1H3. The van der Waals surface area contributed by atoms with Crippen LogP contribution in [0.15, 0.2) is 0 Å². The number of rotatable bonds is 2. The Morgan fingerprint density at radius 2 is 1.38 bits per heavy atom. The van der Waals surface area contributed by atoms with Gasteiger partial charge in [0.1, 0.15) is 4.84 Å².